The first kappa shape index (κ1) is 22.4. The second-order valence-electron chi connectivity index (χ2n) is 6.83. The average molecular weight is 404 g/mol. The maximum absolute atomic E-state index is 12.1. The van der Waals surface area contributed by atoms with Crippen molar-refractivity contribution in [3.05, 3.63) is 91.3 Å². The molecule has 5 heteroatoms. The molecule has 0 unspecified atom stereocenters. The Morgan fingerprint density at radius 3 is 1.73 bits per heavy atom. The van der Waals surface area contributed by atoms with Crippen LogP contribution in [-0.2, 0) is 9.59 Å². The summed E-state index contributed by atoms with van der Waals surface area (Å²) in [6.07, 6.45) is 0. The highest BCUT2D eigenvalue weighted by atomic mass is 16.5. The number of ether oxygens (including phenoxy) is 3. The SMILES string of the molecule is C=C(C)C(=C)Oc1ccc(-c2ccc(OC(=O)C(=C)C)cc2)c(OC(=O)C(=C)C)c1. The Morgan fingerprint density at radius 2 is 1.20 bits per heavy atom. The predicted molar refractivity (Wildman–Crippen MR) is 117 cm³/mol. The zero-order chi connectivity index (χ0) is 22.4. The third-order valence-corrected chi connectivity index (χ3v) is 3.95. The summed E-state index contributed by atoms with van der Waals surface area (Å²) in [5.41, 5.74) is 2.65. The van der Waals surface area contributed by atoms with Crippen molar-refractivity contribution < 1.29 is 23.8 Å². The largest absolute Gasteiger partial charge is 0.458 e. The van der Waals surface area contributed by atoms with E-state index in [1.165, 1.54) is 0 Å². The highest BCUT2D eigenvalue weighted by Gasteiger charge is 2.14. The third kappa shape index (κ3) is 5.82. The van der Waals surface area contributed by atoms with Crippen LogP contribution in [0.15, 0.2) is 91.3 Å². The molecule has 0 heterocycles. The van der Waals surface area contributed by atoms with Gasteiger partial charge in [-0.3, -0.25) is 0 Å². The normalized spacial score (nSPS) is 9.97. The molecule has 0 saturated carbocycles. The van der Waals surface area contributed by atoms with Gasteiger partial charge in [-0.05, 0) is 56.2 Å². The Labute approximate surface area is 176 Å². The van der Waals surface area contributed by atoms with E-state index >= 15 is 0 Å². The minimum absolute atomic E-state index is 0.265. The molecule has 5 nitrogen and oxygen atoms in total. The van der Waals surface area contributed by atoms with E-state index in [-0.39, 0.29) is 5.57 Å². The number of hydrogen-bond donors (Lipinski definition) is 0. The van der Waals surface area contributed by atoms with Gasteiger partial charge in [-0.1, -0.05) is 38.4 Å². The summed E-state index contributed by atoms with van der Waals surface area (Å²) in [6, 6.07) is 11.9. The van der Waals surface area contributed by atoms with Gasteiger partial charge in [-0.2, -0.15) is 0 Å². The molecule has 0 amide bonds. The highest BCUT2D eigenvalue weighted by molar-refractivity contribution is 5.90. The molecule has 0 aromatic heterocycles. The monoisotopic (exact) mass is 404 g/mol. The van der Waals surface area contributed by atoms with E-state index < -0.39 is 11.9 Å². The molecule has 0 N–H and O–H groups in total. The van der Waals surface area contributed by atoms with E-state index in [9.17, 15) is 9.59 Å². The molecule has 0 aliphatic carbocycles. The number of allylic oxidation sites excluding steroid dienone is 1. The number of carbonyl (C=O) groups is 2. The number of benzene rings is 2. The predicted octanol–water partition coefficient (Wildman–Crippen LogP) is 5.79. The second kappa shape index (κ2) is 9.56. The smallest absolute Gasteiger partial charge is 0.338 e. The fraction of sp³-hybridized carbons (Fsp3) is 0.120. The summed E-state index contributed by atoms with van der Waals surface area (Å²) >= 11 is 0. The van der Waals surface area contributed by atoms with Crippen LogP contribution in [0.1, 0.15) is 20.8 Å². The standard InChI is InChI=1S/C25H24O5/c1-15(2)18(7)28-21-12-13-22(23(14-21)30-25(27)17(5)6)19-8-10-20(11-9-19)29-24(26)16(3)4/h8-14H,1,3,5,7H2,2,4,6H3. The number of rotatable bonds is 8. The van der Waals surface area contributed by atoms with Gasteiger partial charge in [0.1, 0.15) is 23.0 Å². The van der Waals surface area contributed by atoms with Crippen molar-refractivity contribution in [3.8, 4) is 28.4 Å². The Bertz CT molecular complexity index is 1040. The van der Waals surface area contributed by atoms with Gasteiger partial charge in [0.05, 0.1) is 0 Å². The van der Waals surface area contributed by atoms with E-state index in [1.54, 1.807) is 63.2 Å². The molecule has 2 aromatic rings. The summed E-state index contributed by atoms with van der Waals surface area (Å²) in [5.74, 6) is 0.468. The van der Waals surface area contributed by atoms with Gasteiger partial charge in [-0.25, -0.2) is 9.59 Å². The van der Waals surface area contributed by atoms with Crippen LogP contribution in [0, 0.1) is 0 Å². The van der Waals surface area contributed by atoms with Crippen molar-refractivity contribution in [3.63, 3.8) is 0 Å². The van der Waals surface area contributed by atoms with Crippen LogP contribution in [0.4, 0.5) is 0 Å². The number of esters is 2. The quantitative estimate of drug-likeness (QED) is 0.183. The average Bonchev–Trinajstić information content (AvgIpc) is 2.68. The first-order chi connectivity index (χ1) is 14.1. The second-order valence-corrected chi connectivity index (χ2v) is 6.83. The maximum atomic E-state index is 12.1. The fourth-order valence-electron chi connectivity index (χ4n) is 2.20. The summed E-state index contributed by atoms with van der Waals surface area (Å²) in [6.45, 7) is 19.7. The van der Waals surface area contributed by atoms with Crippen LogP contribution in [0.3, 0.4) is 0 Å². The van der Waals surface area contributed by atoms with Gasteiger partial charge in [0, 0.05) is 22.8 Å². The lowest BCUT2D eigenvalue weighted by molar-refractivity contribution is -0.130. The Morgan fingerprint density at radius 1 is 0.667 bits per heavy atom. The molecule has 2 rings (SSSR count). The lowest BCUT2D eigenvalue weighted by Crippen LogP contribution is -2.09. The molecule has 0 saturated heterocycles. The van der Waals surface area contributed by atoms with Crippen molar-refractivity contribution in [2.75, 3.05) is 0 Å². The first-order valence-electron chi connectivity index (χ1n) is 9.11. The molecule has 2 aromatic carbocycles. The summed E-state index contributed by atoms with van der Waals surface area (Å²) in [4.78, 5) is 23.8. The molecule has 0 radical (unpaired) electrons. The fourth-order valence-corrected chi connectivity index (χ4v) is 2.20. The van der Waals surface area contributed by atoms with Crippen molar-refractivity contribution in [1.82, 2.24) is 0 Å². The van der Waals surface area contributed by atoms with Gasteiger partial charge < -0.3 is 14.2 Å². The van der Waals surface area contributed by atoms with Crippen LogP contribution in [-0.4, -0.2) is 11.9 Å². The van der Waals surface area contributed by atoms with Crippen LogP contribution >= 0.6 is 0 Å². The van der Waals surface area contributed by atoms with Crippen LogP contribution in [0.2, 0.25) is 0 Å². The van der Waals surface area contributed by atoms with Crippen molar-refractivity contribution >= 4 is 11.9 Å². The van der Waals surface area contributed by atoms with E-state index in [0.717, 1.165) is 5.56 Å². The van der Waals surface area contributed by atoms with Crippen LogP contribution in [0.5, 0.6) is 17.2 Å². The molecule has 0 fully saturated rings. The van der Waals surface area contributed by atoms with E-state index in [2.05, 4.69) is 26.3 Å². The number of carbonyl (C=O) groups excluding carboxylic acids is 2. The summed E-state index contributed by atoms with van der Waals surface area (Å²) in [5, 5.41) is 0. The van der Waals surface area contributed by atoms with E-state index in [0.29, 0.717) is 39.7 Å². The molecule has 0 spiro atoms. The first-order valence-corrected chi connectivity index (χ1v) is 9.11. The molecular weight excluding hydrogens is 380 g/mol. The molecule has 30 heavy (non-hydrogen) atoms. The molecular formula is C25H24O5. The summed E-state index contributed by atoms with van der Waals surface area (Å²) in [7, 11) is 0. The Balaban J connectivity index is 2.39. The molecule has 154 valence electrons. The Kier molecular flexibility index (Phi) is 7.15. The Hall–Kier alpha value is -3.86. The zero-order valence-electron chi connectivity index (χ0n) is 17.4. The van der Waals surface area contributed by atoms with Crippen molar-refractivity contribution in [2.24, 2.45) is 0 Å². The molecule has 0 aliphatic heterocycles. The number of hydrogen-bond acceptors (Lipinski definition) is 5. The maximum Gasteiger partial charge on any atom is 0.338 e. The van der Waals surface area contributed by atoms with Crippen LogP contribution in [0.25, 0.3) is 11.1 Å². The van der Waals surface area contributed by atoms with Gasteiger partial charge in [-0.15, -0.1) is 0 Å². The zero-order valence-corrected chi connectivity index (χ0v) is 17.4. The molecule has 0 aliphatic rings. The van der Waals surface area contributed by atoms with Gasteiger partial charge in [0.25, 0.3) is 0 Å². The minimum Gasteiger partial charge on any atom is -0.458 e. The van der Waals surface area contributed by atoms with Gasteiger partial charge in [0.2, 0.25) is 0 Å². The van der Waals surface area contributed by atoms with Gasteiger partial charge >= 0.3 is 11.9 Å². The lowest BCUT2D eigenvalue weighted by Gasteiger charge is -2.14. The molecule has 0 atom stereocenters. The molecule has 0 bridgehead atoms. The van der Waals surface area contributed by atoms with Gasteiger partial charge in [0.15, 0.2) is 0 Å². The topological polar surface area (TPSA) is 61.8 Å². The van der Waals surface area contributed by atoms with E-state index in [4.69, 9.17) is 14.2 Å². The minimum atomic E-state index is -0.556. The van der Waals surface area contributed by atoms with Crippen LogP contribution < -0.4 is 14.2 Å². The van der Waals surface area contributed by atoms with Crippen molar-refractivity contribution in [1.29, 1.82) is 0 Å². The van der Waals surface area contributed by atoms with E-state index in [1.807, 2.05) is 0 Å². The third-order valence-electron chi connectivity index (χ3n) is 3.95. The summed E-state index contributed by atoms with van der Waals surface area (Å²) < 4.78 is 16.4. The highest BCUT2D eigenvalue weighted by Crippen LogP contribution is 2.35. The van der Waals surface area contributed by atoms with Crippen molar-refractivity contribution in [2.45, 2.75) is 20.8 Å². The lowest BCUT2D eigenvalue weighted by atomic mass is 10.0.